The summed E-state index contributed by atoms with van der Waals surface area (Å²) in [6, 6.07) is -0.395. The van der Waals surface area contributed by atoms with Crippen LogP contribution in [0.4, 0.5) is 0 Å². The standard InChI is InChI=1S/C14H18N4O2S/c1-2-3-11-13(20)17(5-4-12(19)16-11)8-10-9-18-6-7-21-14(18)15-10/h6-7,9,11H,2-5,8H2,1H3,(H,16,19). The van der Waals surface area contributed by atoms with Crippen molar-refractivity contribution < 1.29 is 9.59 Å². The monoisotopic (exact) mass is 306 g/mol. The molecule has 6 nitrogen and oxygen atoms in total. The lowest BCUT2D eigenvalue weighted by molar-refractivity contribution is -0.134. The minimum atomic E-state index is -0.395. The number of carbonyl (C=O) groups excluding carboxylic acids is 2. The number of hydrogen-bond donors (Lipinski definition) is 1. The molecule has 0 spiro atoms. The highest BCUT2D eigenvalue weighted by molar-refractivity contribution is 7.15. The zero-order valence-electron chi connectivity index (χ0n) is 11.9. The molecule has 0 bridgehead atoms. The van der Waals surface area contributed by atoms with Gasteiger partial charge in [-0.3, -0.25) is 14.0 Å². The number of fused-ring (bicyclic) bond motifs is 1. The van der Waals surface area contributed by atoms with Gasteiger partial charge in [-0.1, -0.05) is 13.3 Å². The van der Waals surface area contributed by atoms with E-state index in [1.807, 2.05) is 29.1 Å². The topological polar surface area (TPSA) is 66.7 Å². The van der Waals surface area contributed by atoms with E-state index in [-0.39, 0.29) is 11.8 Å². The van der Waals surface area contributed by atoms with Gasteiger partial charge < -0.3 is 10.2 Å². The second kappa shape index (κ2) is 5.85. The highest BCUT2D eigenvalue weighted by Crippen LogP contribution is 2.15. The van der Waals surface area contributed by atoms with E-state index in [1.165, 1.54) is 0 Å². The molecule has 112 valence electrons. The second-order valence-electron chi connectivity index (χ2n) is 5.24. The molecule has 1 aliphatic heterocycles. The summed E-state index contributed by atoms with van der Waals surface area (Å²) in [4.78, 5) is 31.4. The van der Waals surface area contributed by atoms with Crippen molar-refractivity contribution in [3.05, 3.63) is 23.5 Å². The number of carbonyl (C=O) groups is 2. The van der Waals surface area contributed by atoms with Crippen molar-refractivity contribution in [3.8, 4) is 0 Å². The maximum atomic E-state index is 12.5. The average Bonchev–Trinajstić information content (AvgIpc) is 2.99. The van der Waals surface area contributed by atoms with E-state index in [1.54, 1.807) is 16.2 Å². The van der Waals surface area contributed by atoms with Crippen LogP contribution < -0.4 is 5.32 Å². The Morgan fingerprint density at radius 3 is 3.10 bits per heavy atom. The highest BCUT2D eigenvalue weighted by atomic mass is 32.1. The van der Waals surface area contributed by atoms with Crippen molar-refractivity contribution >= 4 is 28.1 Å². The normalized spacial score (nSPS) is 19.9. The second-order valence-corrected chi connectivity index (χ2v) is 6.12. The summed E-state index contributed by atoms with van der Waals surface area (Å²) in [5, 5.41) is 4.79. The number of nitrogens with one attached hydrogen (secondary N) is 1. The zero-order chi connectivity index (χ0) is 14.8. The third-order valence-corrected chi connectivity index (χ3v) is 4.40. The van der Waals surface area contributed by atoms with Gasteiger partial charge in [0.1, 0.15) is 6.04 Å². The predicted octanol–water partition coefficient (Wildman–Crippen LogP) is 1.41. The van der Waals surface area contributed by atoms with Crippen LogP contribution in [0.25, 0.3) is 4.96 Å². The van der Waals surface area contributed by atoms with Crippen LogP contribution in [0.5, 0.6) is 0 Å². The molecule has 3 rings (SSSR count). The first kappa shape index (κ1) is 14.1. The number of hydrogen-bond acceptors (Lipinski definition) is 4. The minimum Gasteiger partial charge on any atom is -0.344 e. The van der Waals surface area contributed by atoms with Gasteiger partial charge in [0.25, 0.3) is 0 Å². The number of rotatable bonds is 4. The van der Waals surface area contributed by atoms with Crippen molar-refractivity contribution in [2.45, 2.75) is 38.8 Å². The summed E-state index contributed by atoms with van der Waals surface area (Å²) >= 11 is 1.57. The molecular formula is C14H18N4O2S. The Morgan fingerprint density at radius 2 is 2.33 bits per heavy atom. The fourth-order valence-corrected chi connectivity index (χ4v) is 3.30. The van der Waals surface area contributed by atoms with Crippen LogP contribution in [0, 0.1) is 0 Å². The van der Waals surface area contributed by atoms with Gasteiger partial charge in [-0.15, -0.1) is 11.3 Å². The molecule has 2 aromatic rings. The lowest BCUT2D eigenvalue weighted by Gasteiger charge is -2.22. The predicted molar refractivity (Wildman–Crippen MR) is 79.9 cm³/mol. The largest absolute Gasteiger partial charge is 0.344 e. The summed E-state index contributed by atoms with van der Waals surface area (Å²) in [7, 11) is 0. The van der Waals surface area contributed by atoms with E-state index in [0.717, 1.165) is 17.1 Å². The van der Waals surface area contributed by atoms with Crippen molar-refractivity contribution in [3.63, 3.8) is 0 Å². The van der Waals surface area contributed by atoms with Gasteiger partial charge in [-0.2, -0.15) is 0 Å². The smallest absolute Gasteiger partial charge is 0.245 e. The lowest BCUT2D eigenvalue weighted by atomic mass is 10.1. The molecule has 1 aliphatic rings. The summed E-state index contributed by atoms with van der Waals surface area (Å²) in [5.41, 5.74) is 0.861. The fourth-order valence-electron chi connectivity index (χ4n) is 2.58. The van der Waals surface area contributed by atoms with Crippen LogP contribution in [0.2, 0.25) is 0 Å². The maximum Gasteiger partial charge on any atom is 0.245 e. The molecule has 21 heavy (non-hydrogen) atoms. The molecule has 0 radical (unpaired) electrons. The summed E-state index contributed by atoms with van der Waals surface area (Å²) in [6.45, 7) is 2.93. The van der Waals surface area contributed by atoms with Crippen LogP contribution in [-0.2, 0) is 16.1 Å². The van der Waals surface area contributed by atoms with Gasteiger partial charge in [0.15, 0.2) is 4.96 Å². The van der Waals surface area contributed by atoms with Crippen LogP contribution in [0.15, 0.2) is 17.8 Å². The number of amides is 2. The Labute approximate surface area is 126 Å². The Balaban J connectivity index is 1.77. The third kappa shape index (κ3) is 2.92. The fraction of sp³-hybridized carbons (Fsp3) is 0.500. The zero-order valence-corrected chi connectivity index (χ0v) is 12.7. The molecule has 0 aliphatic carbocycles. The lowest BCUT2D eigenvalue weighted by Crippen LogP contribution is -2.44. The van der Waals surface area contributed by atoms with Crippen LogP contribution in [0.1, 0.15) is 31.9 Å². The third-order valence-electron chi connectivity index (χ3n) is 3.63. The number of nitrogens with zero attached hydrogens (tertiary/aromatic N) is 3. The summed E-state index contributed by atoms with van der Waals surface area (Å²) in [5.74, 6) is -0.0471. The van der Waals surface area contributed by atoms with Crippen molar-refractivity contribution in [2.24, 2.45) is 0 Å². The first-order chi connectivity index (χ1) is 10.2. The first-order valence-corrected chi connectivity index (χ1v) is 8.04. The molecule has 1 atom stereocenters. The Morgan fingerprint density at radius 1 is 1.48 bits per heavy atom. The van der Waals surface area contributed by atoms with Crippen molar-refractivity contribution in [2.75, 3.05) is 6.54 Å². The molecule has 0 saturated carbocycles. The molecule has 3 heterocycles. The van der Waals surface area contributed by atoms with Crippen LogP contribution >= 0.6 is 11.3 Å². The SMILES string of the molecule is CCCC1NC(=O)CCN(Cc2cn3ccsc3n2)C1=O. The van der Waals surface area contributed by atoms with E-state index < -0.39 is 6.04 Å². The molecule has 7 heteroatoms. The first-order valence-electron chi connectivity index (χ1n) is 7.16. The van der Waals surface area contributed by atoms with Gasteiger partial charge >= 0.3 is 0 Å². The Hall–Kier alpha value is -1.89. The van der Waals surface area contributed by atoms with Crippen molar-refractivity contribution in [1.82, 2.24) is 19.6 Å². The maximum absolute atomic E-state index is 12.5. The minimum absolute atomic E-state index is 0.000875. The van der Waals surface area contributed by atoms with Gasteiger partial charge in [0.2, 0.25) is 11.8 Å². The average molecular weight is 306 g/mol. The van der Waals surface area contributed by atoms with E-state index in [4.69, 9.17) is 0 Å². The Bertz CT molecular complexity index is 634. The number of aromatic nitrogens is 2. The van der Waals surface area contributed by atoms with Gasteiger partial charge in [0, 0.05) is 30.7 Å². The molecule has 1 unspecified atom stereocenters. The highest BCUT2D eigenvalue weighted by Gasteiger charge is 2.29. The summed E-state index contributed by atoms with van der Waals surface area (Å²) in [6.07, 6.45) is 5.79. The van der Waals surface area contributed by atoms with Gasteiger partial charge in [-0.05, 0) is 6.42 Å². The molecule has 0 aromatic carbocycles. The quantitative estimate of drug-likeness (QED) is 0.929. The molecule has 1 saturated heterocycles. The van der Waals surface area contributed by atoms with Crippen LogP contribution in [0.3, 0.4) is 0 Å². The van der Waals surface area contributed by atoms with E-state index in [0.29, 0.717) is 25.9 Å². The van der Waals surface area contributed by atoms with E-state index >= 15 is 0 Å². The molecule has 1 fully saturated rings. The molecular weight excluding hydrogens is 288 g/mol. The van der Waals surface area contributed by atoms with Gasteiger partial charge in [0.05, 0.1) is 12.2 Å². The number of thiazole rings is 1. The molecule has 2 amide bonds. The molecule has 1 N–H and O–H groups in total. The Kier molecular flexibility index (Phi) is 3.92. The van der Waals surface area contributed by atoms with Gasteiger partial charge in [-0.25, -0.2) is 4.98 Å². The van der Waals surface area contributed by atoms with E-state index in [9.17, 15) is 9.59 Å². The van der Waals surface area contributed by atoms with E-state index in [2.05, 4.69) is 10.3 Å². The molecule has 2 aromatic heterocycles. The van der Waals surface area contributed by atoms with Crippen molar-refractivity contribution in [1.29, 1.82) is 0 Å². The summed E-state index contributed by atoms with van der Waals surface area (Å²) < 4.78 is 1.95. The number of imidazole rings is 1. The van der Waals surface area contributed by atoms with Crippen LogP contribution in [-0.4, -0.2) is 38.7 Å².